The molecule has 0 aliphatic carbocycles. The third kappa shape index (κ3) is 5.49. The largest absolute Gasteiger partial charge is 0.496 e. The zero-order chi connectivity index (χ0) is 20.0. The predicted octanol–water partition coefficient (Wildman–Crippen LogP) is 2.40. The summed E-state index contributed by atoms with van der Waals surface area (Å²) in [6, 6.07) is 8.83. The van der Waals surface area contributed by atoms with Gasteiger partial charge in [0, 0.05) is 18.8 Å². The lowest BCUT2D eigenvalue weighted by atomic mass is 10.1. The highest BCUT2D eigenvalue weighted by Gasteiger charge is 2.18. The van der Waals surface area contributed by atoms with Gasteiger partial charge in [-0.15, -0.1) is 0 Å². The Kier molecular flexibility index (Phi) is 6.89. The number of ether oxygens (including phenoxy) is 2. The van der Waals surface area contributed by atoms with Crippen LogP contribution in [-0.4, -0.2) is 41.2 Å². The van der Waals surface area contributed by atoms with Crippen molar-refractivity contribution in [3.8, 4) is 5.75 Å². The van der Waals surface area contributed by atoms with Crippen molar-refractivity contribution in [2.45, 2.75) is 17.9 Å². The zero-order valence-corrected chi connectivity index (χ0v) is 16.0. The lowest BCUT2D eigenvalue weighted by Gasteiger charge is -2.14. The number of nitrogens with one attached hydrogen (secondary N) is 2. The zero-order valence-electron chi connectivity index (χ0n) is 15.2. The summed E-state index contributed by atoms with van der Waals surface area (Å²) in [4.78, 5) is 12.4. The number of amides is 1. The van der Waals surface area contributed by atoms with Gasteiger partial charge in [0.1, 0.15) is 11.6 Å². The Hall–Kier alpha value is -2.49. The molecule has 2 rings (SSSR count). The Morgan fingerprint density at radius 2 is 1.81 bits per heavy atom. The molecule has 0 bridgehead atoms. The Labute approximate surface area is 157 Å². The fraction of sp³-hybridized carbons (Fsp3) is 0.278. The van der Waals surface area contributed by atoms with Crippen LogP contribution in [-0.2, 0) is 14.8 Å². The molecule has 2 aromatic rings. The molecule has 0 fully saturated rings. The number of carbonyl (C=O) groups excluding carboxylic acids is 1. The quantitative estimate of drug-likeness (QED) is 0.715. The van der Waals surface area contributed by atoms with Gasteiger partial charge in [-0.1, -0.05) is 0 Å². The van der Waals surface area contributed by atoms with Gasteiger partial charge >= 0.3 is 0 Å². The number of carbonyl (C=O) groups is 1. The van der Waals surface area contributed by atoms with Crippen molar-refractivity contribution in [3.63, 3.8) is 0 Å². The van der Waals surface area contributed by atoms with Gasteiger partial charge in [-0.25, -0.2) is 17.5 Å². The van der Waals surface area contributed by atoms with E-state index in [0.717, 1.165) is 6.07 Å². The Bertz CT molecular complexity index is 900. The van der Waals surface area contributed by atoms with E-state index < -0.39 is 21.7 Å². The molecule has 0 saturated carbocycles. The number of anilines is 1. The first-order valence-corrected chi connectivity index (χ1v) is 9.51. The molecule has 2 N–H and O–H groups in total. The van der Waals surface area contributed by atoms with Gasteiger partial charge < -0.3 is 14.8 Å². The van der Waals surface area contributed by atoms with Gasteiger partial charge in [0.2, 0.25) is 10.0 Å². The molecule has 0 saturated heterocycles. The summed E-state index contributed by atoms with van der Waals surface area (Å²) < 4.78 is 50.4. The van der Waals surface area contributed by atoms with Crippen LogP contribution in [0.5, 0.6) is 5.75 Å². The van der Waals surface area contributed by atoms with Crippen LogP contribution >= 0.6 is 0 Å². The van der Waals surface area contributed by atoms with E-state index in [4.69, 9.17) is 9.47 Å². The summed E-state index contributed by atoms with van der Waals surface area (Å²) in [7, 11) is -0.849. The van der Waals surface area contributed by atoms with Crippen molar-refractivity contribution in [3.05, 3.63) is 53.8 Å². The molecule has 2 aromatic carbocycles. The van der Waals surface area contributed by atoms with E-state index in [1.807, 2.05) is 0 Å². The fourth-order valence-electron chi connectivity index (χ4n) is 2.39. The van der Waals surface area contributed by atoms with E-state index in [-0.39, 0.29) is 28.9 Å². The van der Waals surface area contributed by atoms with E-state index >= 15 is 0 Å². The second-order valence-corrected chi connectivity index (χ2v) is 7.51. The van der Waals surface area contributed by atoms with Gasteiger partial charge in [-0.2, -0.15) is 0 Å². The highest BCUT2D eigenvalue weighted by Crippen LogP contribution is 2.21. The van der Waals surface area contributed by atoms with E-state index in [1.165, 1.54) is 50.6 Å². The maximum Gasteiger partial charge on any atom is 0.259 e. The first-order chi connectivity index (χ1) is 12.8. The summed E-state index contributed by atoms with van der Waals surface area (Å²) in [5.41, 5.74) is 0.388. The molecule has 0 spiro atoms. The maximum atomic E-state index is 13.4. The third-order valence-electron chi connectivity index (χ3n) is 3.60. The number of rotatable bonds is 8. The minimum atomic E-state index is -3.71. The number of benzene rings is 2. The van der Waals surface area contributed by atoms with E-state index in [2.05, 4.69) is 10.0 Å². The van der Waals surface area contributed by atoms with Gasteiger partial charge in [0.05, 0.1) is 24.2 Å². The molecule has 7 nitrogen and oxygen atoms in total. The molecule has 0 aliphatic heterocycles. The molecule has 1 amide bonds. The summed E-state index contributed by atoms with van der Waals surface area (Å²) in [6.45, 7) is 1.92. The summed E-state index contributed by atoms with van der Waals surface area (Å²) in [5.74, 6) is -0.920. The lowest BCUT2D eigenvalue weighted by Crippen LogP contribution is -2.35. The number of hydrogen-bond acceptors (Lipinski definition) is 5. The SMILES string of the molecule is COC[C@H](C)NS(=O)(=O)c1ccc(NC(=O)c2cc(F)ccc2OC)cc1. The van der Waals surface area contributed by atoms with Crippen molar-refractivity contribution < 1.29 is 27.1 Å². The second-order valence-electron chi connectivity index (χ2n) is 5.80. The standard InChI is InChI=1S/C18H21FN2O5S/c1-12(11-25-2)21-27(23,24)15-7-5-14(6-8-15)20-18(22)16-10-13(19)4-9-17(16)26-3/h4-10,12,21H,11H2,1-3H3,(H,20,22)/t12-/m0/s1. The molecule has 1 atom stereocenters. The van der Waals surface area contributed by atoms with E-state index in [0.29, 0.717) is 5.69 Å². The topological polar surface area (TPSA) is 93.7 Å². The molecule has 0 unspecified atom stereocenters. The highest BCUT2D eigenvalue weighted by atomic mass is 32.2. The van der Waals surface area contributed by atoms with Crippen LogP contribution in [0.25, 0.3) is 0 Å². The van der Waals surface area contributed by atoms with Crippen LogP contribution in [0.3, 0.4) is 0 Å². The molecule has 0 radical (unpaired) electrons. The van der Waals surface area contributed by atoms with Crippen LogP contribution in [0, 0.1) is 5.82 Å². The Balaban J connectivity index is 2.14. The Morgan fingerprint density at radius 3 is 2.41 bits per heavy atom. The van der Waals surface area contributed by atoms with E-state index in [1.54, 1.807) is 6.92 Å². The van der Waals surface area contributed by atoms with Crippen molar-refractivity contribution in [1.82, 2.24) is 4.72 Å². The molecule has 9 heteroatoms. The molecular formula is C18H21FN2O5S. The van der Waals surface area contributed by atoms with Crippen LogP contribution < -0.4 is 14.8 Å². The average Bonchev–Trinajstić information content (AvgIpc) is 2.61. The van der Waals surface area contributed by atoms with Crippen LogP contribution in [0.1, 0.15) is 17.3 Å². The third-order valence-corrected chi connectivity index (χ3v) is 5.21. The van der Waals surface area contributed by atoms with Crippen LogP contribution in [0.15, 0.2) is 47.4 Å². The minimum Gasteiger partial charge on any atom is -0.496 e. The van der Waals surface area contributed by atoms with Gasteiger partial charge in [0.15, 0.2) is 0 Å². The van der Waals surface area contributed by atoms with E-state index in [9.17, 15) is 17.6 Å². The van der Waals surface area contributed by atoms with Crippen molar-refractivity contribution in [2.75, 3.05) is 26.1 Å². The highest BCUT2D eigenvalue weighted by molar-refractivity contribution is 7.89. The monoisotopic (exact) mass is 396 g/mol. The van der Waals surface area contributed by atoms with Crippen molar-refractivity contribution in [2.24, 2.45) is 0 Å². The minimum absolute atomic E-state index is 0.0317. The molecule has 0 aromatic heterocycles. The summed E-state index contributed by atoms with van der Waals surface area (Å²) >= 11 is 0. The van der Waals surface area contributed by atoms with Gasteiger partial charge in [-0.3, -0.25) is 4.79 Å². The number of hydrogen-bond donors (Lipinski definition) is 2. The van der Waals surface area contributed by atoms with Crippen LogP contribution in [0.4, 0.5) is 10.1 Å². The molecule has 0 aliphatic rings. The van der Waals surface area contributed by atoms with Gasteiger partial charge in [0.25, 0.3) is 5.91 Å². The smallest absolute Gasteiger partial charge is 0.259 e. The number of halogens is 1. The molecule has 27 heavy (non-hydrogen) atoms. The maximum absolute atomic E-state index is 13.4. The molecular weight excluding hydrogens is 375 g/mol. The first-order valence-electron chi connectivity index (χ1n) is 8.03. The summed E-state index contributed by atoms with van der Waals surface area (Å²) in [6.07, 6.45) is 0. The van der Waals surface area contributed by atoms with Gasteiger partial charge in [-0.05, 0) is 49.4 Å². The first kappa shape index (κ1) is 20.8. The molecule has 146 valence electrons. The van der Waals surface area contributed by atoms with Crippen LogP contribution in [0.2, 0.25) is 0 Å². The number of methoxy groups -OCH3 is 2. The lowest BCUT2D eigenvalue weighted by molar-refractivity contribution is 0.102. The Morgan fingerprint density at radius 1 is 1.15 bits per heavy atom. The summed E-state index contributed by atoms with van der Waals surface area (Å²) in [5, 5.41) is 2.58. The second kappa shape index (κ2) is 8.94. The normalized spacial score (nSPS) is 12.4. The number of sulfonamides is 1. The molecule has 0 heterocycles. The fourth-order valence-corrected chi connectivity index (χ4v) is 3.62. The predicted molar refractivity (Wildman–Crippen MR) is 99.0 cm³/mol. The average molecular weight is 396 g/mol. The van der Waals surface area contributed by atoms with Crippen molar-refractivity contribution in [1.29, 1.82) is 0 Å². The van der Waals surface area contributed by atoms with Crippen molar-refractivity contribution >= 4 is 21.6 Å².